The lowest BCUT2D eigenvalue weighted by atomic mass is 10.4. The molecule has 14 heavy (non-hydrogen) atoms. The molecule has 0 aromatic heterocycles. The van der Waals surface area contributed by atoms with Gasteiger partial charge in [0.25, 0.3) is 0 Å². The van der Waals surface area contributed by atoms with Gasteiger partial charge in [0, 0.05) is 26.2 Å². The zero-order chi connectivity index (χ0) is 10.2. The molecule has 1 saturated carbocycles. The smallest absolute Gasteiger partial charge is 0.0593 e. The second-order valence-corrected chi connectivity index (χ2v) is 3.99. The van der Waals surface area contributed by atoms with Crippen LogP contribution in [0.1, 0.15) is 12.8 Å². The van der Waals surface area contributed by atoms with Gasteiger partial charge in [-0.1, -0.05) is 12.2 Å². The summed E-state index contributed by atoms with van der Waals surface area (Å²) in [6, 6.07) is 0. The van der Waals surface area contributed by atoms with Crippen LogP contribution in [0.15, 0.2) is 12.2 Å². The van der Waals surface area contributed by atoms with Crippen molar-refractivity contribution in [3.63, 3.8) is 0 Å². The summed E-state index contributed by atoms with van der Waals surface area (Å²) >= 11 is 0. The van der Waals surface area contributed by atoms with Gasteiger partial charge < -0.3 is 15.4 Å². The third-order valence-corrected chi connectivity index (χ3v) is 2.39. The predicted molar refractivity (Wildman–Crippen MR) is 59.2 cm³/mol. The van der Waals surface area contributed by atoms with Gasteiger partial charge in [0.1, 0.15) is 0 Å². The fourth-order valence-electron chi connectivity index (χ4n) is 1.20. The molecule has 82 valence electrons. The van der Waals surface area contributed by atoms with Crippen LogP contribution in [0.25, 0.3) is 0 Å². The van der Waals surface area contributed by atoms with Gasteiger partial charge in [-0.15, -0.1) is 0 Å². The summed E-state index contributed by atoms with van der Waals surface area (Å²) in [4.78, 5) is 2.24. The summed E-state index contributed by atoms with van der Waals surface area (Å²) in [5.41, 5.74) is 5.35. The van der Waals surface area contributed by atoms with Gasteiger partial charge in [-0.3, -0.25) is 0 Å². The summed E-state index contributed by atoms with van der Waals surface area (Å²) < 4.78 is 5.54. The Bertz CT molecular complexity index is 167. The molecule has 0 atom stereocenters. The van der Waals surface area contributed by atoms with Gasteiger partial charge >= 0.3 is 0 Å². The monoisotopic (exact) mass is 198 g/mol. The van der Waals surface area contributed by atoms with Crippen molar-refractivity contribution >= 4 is 0 Å². The van der Waals surface area contributed by atoms with E-state index in [1.165, 1.54) is 12.8 Å². The van der Waals surface area contributed by atoms with Crippen LogP contribution in [0.3, 0.4) is 0 Å². The molecule has 0 unspecified atom stereocenters. The van der Waals surface area contributed by atoms with E-state index in [0.717, 1.165) is 32.2 Å². The first-order valence-corrected chi connectivity index (χ1v) is 5.44. The third kappa shape index (κ3) is 6.13. The fraction of sp³-hybridized carbons (Fsp3) is 0.818. The van der Waals surface area contributed by atoms with Crippen LogP contribution in [0.4, 0.5) is 0 Å². The van der Waals surface area contributed by atoms with Crippen LogP contribution in [0.5, 0.6) is 0 Å². The lowest BCUT2D eigenvalue weighted by molar-refractivity contribution is 0.106. The first-order chi connectivity index (χ1) is 6.83. The van der Waals surface area contributed by atoms with E-state index >= 15 is 0 Å². The normalized spacial score (nSPS) is 17.1. The number of nitrogens with two attached hydrogens (primary N) is 1. The summed E-state index contributed by atoms with van der Waals surface area (Å²) in [6.07, 6.45) is 6.83. The van der Waals surface area contributed by atoms with E-state index in [1.54, 1.807) is 0 Å². The van der Waals surface area contributed by atoms with Crippen LogP contribution >= 0.6 is 0 Å². The maximum Gasteiger partial charge on any atom is 0.0593 e. The Kier molecular flexibility index (Phi) is 5.83. The van der Waals surface area contributed by atoms with Crippen molar-refractivity contribution < 1.29 is 4.74 Å². The Hall–Kier alpha value is -0.380. The molecule has 0 bridgehead atoms. The molecule has 0 heterocycles. The fourth-order valence-corrected chi connectivity index (χ4v) is 1.20. The molecule has 1 rings (SSSR count). The maximum absolute atomic E-state index is 5.54. The molecule has 1 aliphatic rings. The minimum Gasteiger partial charge on any atom is -0.380 e. The number of hydrogen-bond acceptors (Lipinski definition) is 3. The molecular formula is C11H22N2O. The third-order valence-electron chi connectivity index (χ3n) is 2.39. The molecule has 0 aliphatic heterocycles. The zero-order valence-electron chi connectivity index (χ0n) is 9.11. The van der Waals surface area contributed by atoms with E-state index in [4.69, 9.17) is 10.5 Å². The first-order valence-electron chi connectivity index (χ1n) is 5.44. The van der Waals surface area contributed by atoms with Crippen LogP contribution in [0, 0.1) is 5.92 Å². The molecular weight excluding hydrogens is 176 g/mol. The highest BCUT2D eigenvalue weighted by molar-refractivity contribution is 4.84. The van der Waals surface area contributed by atoms with E-state index in [9.17, 15) is 0 Å². The quantitative estimate of drug-likeness (QED) is 0.464. The number of ether oxygens (including phenoxy) is 1. The lowest BCUT2D eigenvalue weighted by Crippen LogP contribution is -2.23. The van der Waals surface area contributed by atoms with Gasteiger partial charge in [-0.05, 0) is 25.8 Å². The van der Waals surface area contributed by atoms with Crippen LogP contribution in [0.2, 0.25) is 0 Å². The van der Waals surface area contributed by atoms with Crippen molar-refractivity contribution in [2.24, 2.45) is 11.7 Å². The standard InChI is InChI=1S/C11H22N2O/c1-13(7-3-2-6-12)8-9-14-10-11-4-5-11/h2-3,11H,4-10,12H2,1H3. The SMILES string of the molecule is CN(CC=CCN)CCOCC1CC1. The van der Waals surface area contributed by atoms with Gasteiger partial charge in [0.2, 0.25) is 0 Å². The van der Waals surface area contributed by atoms with E-state index in [-0.39, 0.29) is 0 Å². The zero-order valence-corrected chi connectivity index (χ0v) is 9.11. The highest BCUT2D eigenvalue weighted by Gasteiger charge is 2.20. The Morgan fingerprint density at radius 1 is 1.43 bits per heavy atom. The van der Waals surface area contributed by atoms with Crippen molar-refractivity contribution in [1.29, 1.82) is 0 Å². The minimum absolute atomic E-state index is 0.631. The van der Waals surface area contributed by atoms with Gasteiger partial charge in [0.15, 0.2) is 0 Å². The molecule has 0 radical (unpaired) electrons. The van der Waals surface area contributed by atoms with Crippen LogP contribution in [-0.4, -0.2) is 44.8 Å². The molecule has 3 nitrogen and oxygen atoms in total. The average Bonchev–Trinajstić information content (AvgIpc) is 2.97. The van der Waals surface area contributed by atoms with Crippen LogP contribution in [-0.2, 0) is 4.74 Å². The molecule has 1 aliphatic carbocycles. The van der Waals surface area contributed by atoms with Crippen LogP contribution < -0.4 is 5.73 Å². The van der Waals surface area contributed by atoms with E-state index < -0.39 is 0 Å². The highest BCUT2D eigenvalue weighted by atomic mass is 16.5. The van der Waals surface area contributed by atoms with Crippen molar-refractivity contribution in [2.75, 3.05) is 39.9 Å². The maximum atomic E-state index is 5.54. The molecule has 1 fully saturated rings. The molecule has 0 spiro atoms. The number of likely N-dealkylation sites (N-methyl/N-ethyl adjacent to an activating group) is 1. The lowest BCUT2D eigenvalue weighted by Gasteiger charge is -2.13. The number of hydrogen-bond donors (Lipinski definition) is 1. The second-order valence-electron chi connectivity index (χ2n) is 3.99. The topological polar surface area (TPSA) is 38.5 Å². The summed E-state index contributed by atoms with van der Waals surface area (Å²) in [7, 11) is 2.10. The highest BCUT2D eigenvalue weighted by Crippen LogP contribution is 2.28. The first kappa shape index (κ1) is 11.7. The van der Waals surface area contributed by atoms with Crippen molar-refractivity contribution in [3.05, 3.63) is 12.2 Å². The largest absolute Gasteiger partial charge is 0.380 e. The van der Waals surface area contributed by atoms with E-state index in [1.807, 2.05) is 6.08 Å². The predicted octanol–water partition coefficient (Wildman–Crippen LogP) is 0.860. The minimum atomic E-state index is 0.631. The molecule has 0 aromatic carbocycles. The summed E-state index contributed by atoms with van der Waals surface area (Å²) in [6.45, 7) is 4.41. The van der Waals surface area contributed by atoms with Crippen molar-refractivity contribution in [1.82, 2.24) is 4.90 Å². The molecule has 3 heteroatoms. The summed E-state index contributed by atoms with van der Waals surface area (Å²) in [5.74, 6) is 0.873. The Morgan fingerprint density at radius 2 is 2.21 bits per heavy atom. The Morgan fingerprint density at radius 3 is 2.86 bits per heavy atom. The number of rotatable bonds is 8. The van der Waals surface area contributed by atoms with Crippen molar-refractivity contribution in [3.8, 4) is 0 Å². The van der Waals surface area contributed by atoms with Gasteiger partial charge in [0.05, 0.1) is 6.61 Å². The Labute approximate surface area is 86.9 Å². The Balaban J connectivity index is 1.85. The van der Waals surface area contributed by atoms with Gasteiger partial charge in [-0.25, -0.2) is 0 Å². The van der Waals surface area contributed by atoms with Gasteiger partial charge in [-0.2, -0.15) is 0 Å². The second kappa shape index (κ2) is 6.98. The van der Waals surface area contributed by atoms with E-state index in [0.29, 0.717) is 6.54 Å². The molecule has 2 N–H and O–H groups in total. The molecule has 0 amide bonds. The van der Waals surface area contributed by atoms with E-state index in [2.05, 4.69) is 18.0 Å². The molecule has 0 aromatic rings. The average molecular weight is 198 g/mol. The van der Waals surface area contributed by atoms with Crippen molar-refractivity contribution in [2.45, 2.75) is 12.8 Å². The number of nitrogens with zero attached hydrogens (tertiary/aromatic N) is 1. The summed E-state index contributed by atoms with van der Waals surface area (Å²) in [5, 5.41) is 0. The molecule has 0 saturated heterocycles.